The van der Waals surface area contributed by atoms with Crippen LogP contribution in [0.1, 0.15) is 44.3 Å². The highest BCUT2D eigenvalue weighted by molar-refractivity contribution is 5.12. The summed E-state index contributed by atoms with van der Waals surface area (Å²) in [5, 5.41) is 12.1. The summed E-state index contributed by atoms with van der Waals surface area (Å²) >= 11 is 0. The van der Waals surface area contributed by atoms with E-state index in [1.165, 1.54) is 31.5 Å². The van der Waals surface area contributed by atoms with Crippen LogP contribution in [0.15, 0.2) is 0 Å². The maximum absolute atomic E-state index is 4.41. The molecule has 90 valence electrons. The second-order valence-electron chi connectivity index (χ2n) is 4.91. The molecular formula is C12H22N4. The molecule has 1 fully saturated rings. The third-order valence-electron chi connectivity index (χ3n) is 3.86. The summed E-state index contributed by atoms with van der Waals surface area (Å²) < 4.78 is 2.17. The number of aryl methyl sites for hydroxylation is 1. The third kappa shape index (κ3) is 1.86. The van der Waals surface area contributed by atoms with Gasteiger partial charge in [-0.3, -0.25) is 0 Å². The minimum absolute atomic E-state index is 0.260. The molecule has 1 aliphatic rings. The molecule has 1 aromatic heterocycles. The predicted molar refractivity (Wildman–Crippen MR) is 64.4 cm³/mol. The number of piperidine rings is 1. The zero-order chi connectivity index (χ0) is 11.6. The molecule has 0 atom stereocenters. The number of rotatable bonds is 3. The van der Waals surface area contributed by atoms with Crippen molar-refractivity contribution < 1.29 is 0 Å². The number of nitrogens with one attached hydrogen (secondary N) is 1. The van der Waals surface area contributed by atoms with E-state index >= 15 is 0 Å². The fraction of sp³-hybridized carbons (Fsp3) is 0.833. The lowest BCUT2D eigenvalue weighted by Crippen LogP contribution is -2.41. The number of nitrogens with zero attached hydrogens (tertiary/aromatic N) is 3. The van der Waals surface area contributed by atoms with Gasteiger partial charge in [0.1, 0.15) is 11.6 Å². The minimum Gasteiger partial charge on any atom is -0.318 e. The lowest BCUT2D eigenvalue weighted by atomic mass is 9.74. The van der Waals surface area contributed by atoms with Crippen LogP contribution in [0.4, 0.5) is 0 Å². The average Bonchev–Trinajstić information content (AvgIpc) is 2.62. The van der Waals surface area contributed by atoms with E-state index in [2.05, 4.69) is 34.1 Å². The molecule has 2 rings (SSSR count). The molecule has 0 aliphatic carbocycles. The van der Waals surface area contributed by atoms with Crippen LogP contribution < -0.4 is 5.32 Å². The Morgan fingerprint density at radius 3 is 2.50 bits per heavy atom. The van der Waals surface area contributed by atoms with Crippen molar-refractivity contribution in [2.45, 2.75) is 44.9 Å². The quantitative estimate of drug-likeness (QED) is 0.843. The Morgan fingerprint density at radius 2 is 2.00 bits per heavy atom. The van der Waals surface area contributed by atoms with E-state index in [1.807, 2.05) is 6.92 Å². The van der Waals surface area contributed by atoms with Gasteiger partial charge in [0.2, 0.25) is 0 Å². The van der Waals surface area contributed by atoms with Gasteiger partial charge in [-0.1, -0.05) is 13.3 Å². The molecule has 2 heterocycles. The maximum Gasteiger partial charge on any atom is 0.139 e. The van der Waals surface area contributed by atoms with Crippen molar-refractivity contribution >= 4 is 0 Å². The van der Waals surface area contributed by atoms with Gasteiger partial charge in [-0.15, -0.1) is 10.2 Å². The van der Waals surface area contributed by atoms with Crippen LogP contribution in [0.2, 0.25) is 0 Å². The topological polar surface area (TPSA) is 42.7 Å². The summed E-state index contributed by atoms with van der Waals surface area (Å²) in [4.78, 5) is 0. The van der Waals surface area contributed by atoms with Crippen molar-refractivity contribution in [3.63, 3.8) is 0 Å². The molecular weight excluding hydrogens is 200 g/mol. The molecule has 4 nitrogen and oxygen atoms in total. The first-order valence-corrected chi connectivity index (χ1v) is 6.27. The van der Waals surface area contributed by atoms with E-state index in [0.717, 1.165) is 18.9 Å². The predicted octanol–water partition coefficient (Wildman–Crippen LogP) is 1.54. The van der Waals surface area contributed by atoms with Crippen molar-refractivity contribution in [2.24, 2.45) is 7.05 Å². The largest absolute Gasteiger partial charge is 0.318 e. The van der Waals surface area contributed by atoms with Crippen molar-refractivity contribution in [2.75, 3.05) is 13.1 Å². The lowest BCUT2D eigenvalue weighted by Gasteiger charge is -2.36. The van der Waals surface area contributed by atoms with E-state index in [-0.39, 0.29) is 5.41 Å². The molecule has 4 heteroatoms. The SMILES string of the molecule is CCCC1(c2nnc(C)n2C)CCNCC1. The van der Waals surface area contributed by atoms with Gasteiger partial charge in [0.05, 0.1) is 0 Å². The Bertz CT molecular complexity index is 344. The van der Waals surface area contributed by atoms with Crippen LogP contribution >= 0.6 is 0 Å². The lowest BCUT2D eigenvalue weighted by molar-refractivity contribution is 0.264. The molecule has 0 unspecified atom stereocenters. The standard InChI is InChI=1S/C12H22N4/c1-4-5-12(6-8-13-9-7-12)11-15-14-10(2)16(11)3/h13H,4-9H2,1-3H3. The first kappa shape index (κ1) is 11.6. The third-order valence-corrected chi connectivity index (χ3v) is 3.86. The van der Waals surface area contributed by atoms with E-state index in [0.29, 0.717) is 0 Å². The first-order chi connectivity index (χ1) is 7.69. The number of hydrogen-bond acceptors (Lipinski definition) is 3. The summed E-state index contributed by atoms with van der Waals surface area (Å²) in [6.07, 6.45) is 4.81. The molecule has 0 amide bonds. The molecule has 1 N–H and O–H groups in total. The molecule has 0 radical (unpaired) electrons. The highest BCUT2D eigenvalue weighted by atomic mass is 15.3. The molecule has 0 aromatic carbocycles. The van der Waals surface area contributed by atoms with E-state index in [9.17, 15) is 0 Å². The van der Waals surface area contributed by atoms with Gasteiger partial charge < -0.3 is 9.88 Å². The second kappa shape index (κ2) is 4.53. The summed E-state index contributed by atoms with van der Waals surface area (Å²) in [7, 11) is 2.09. The van der Waals surface area contributed by atoms with Crippen LogP contribution in [0.25, 0.3) is 0 Å². The summed E-state index contributed by atoms with van der Waals surface area (Å²) in [6, 6.07) is 0. The summed E-state index contributed by atoms with van der Waals surface area (Å²) in [5.74, 6) is 2.21. The summed E-state index contributed by atoms with van der Waals surface area (Å²) in [5.41, 5.74) is 0.260. The average molecular weight is 222 g/mol. The molecule has 1 aliphatic heterocycles. The Labute approximate surface area is 97.5 Å². The Hall–Kier alpha value is -0.900. The zero-order valence-electron chi connectivity index (χ0n) is 10.6. The monoisotopic (exact) mass is 222 g/mol. The van der Waals surface area contributed by atoms with E-state index in [4.69, 9.17) is 0 Å². The van der Waals surface area contributed by atoms with Crippen molar-refractivity contribution in [1.29, 1.82) is 0 Å². The Balaban J connectivity index is 2.34. The molecule has 16 heavy (non-hydrogen) atoms. The highest BCUT2D eigenvalue weighted by Gasteiger charge is 2.37. The van der Waals surface area contributed by atoms with Gasteiger partial charge in [-0.2, -0.15) is 0 Å². The van der Waals surface area contributed by atoms with Crippen LogP contribution in [0, 0.1) is 6.92 Å². The van der Waals surface area contributed by atoms with Crippen LogP contribution in [0.5, 0.6) is 0 Å². The Morgan fingerprint density at radius 1 is 1.31 bits per heavy atom. The second-order valence-corrected chi connectivity index (χ2v) is 4.91. The van der Waals surface area contributed by atoms with Crippen LogP contribution in [-0.2, 0) is 12.5 Å². The minimum atomic E-state index is 0.260. The number of aromatic nitrogens is 3. The zero-order valence-corrected chi connectivity index (χ0v) is 10.6. The fourth-order valence-electron chi connectivity index (χ4n) is 2.84. The van der Waals surface area contributed by atoms with Gasteiger partial charge >= 0.3 is 0 Å². The van der Waals surface area contributed by atoms with Gasteiger partial charge in [0.25, 0.3) is 0 Å². The first-order valence-electron chi connectivity index (χ1n) is 6.27. The number of hydrogen-bond donors (Lipinski definition) is 1. The molecule has 0 saturated carbocycles. The van der Waals surface area contributed by atoms with Gasteiger partial charge in [0.15, 0.2) is 0 Å². The van der Waals surface area contributed by atoms with Crippen molar-refractivity contribution in [3.05, 3.63) is 11.6 Å². The molecule has 0 spiro atoms. The van der Waals surface area contributed by atoms with Gasteiger partial charge in [-0.25, -0.2) is 0 Å². The van der Waals surface area contributed by atoms with Crippen molar-refractivity contribution in [1.82, 2.24) is 20.1 Å². The summed E-state index contributed by atoms with van der Waals surface area (Å²) in [6.45, 7) is 6.49. The normalized spacial score (nSPS) is 19.9. The van der Waals surface area contributed by atoms with Gasteiger partial charge in [0, 0.05) is 12.5 Å². The fourth-order valence-corrected chi connectivity index (χ4v) is 2.84. The smallest absolute Gasteiger partial charge is 0.139 e. The van der Waals surface area contributed by atoms with E-state index in [1.54, 1.807) is 0 Å². The highest BCUT2D eigenvalue weighted by Crippen LogP contribution is 2.36. The Kier molecular flexibility index (Phi) is 3.28. The van der Waals surface area contributed by atoms with Crippen molar-refractivity contribution in [3.8, 4) is 0 Å². The van der Waals surface area contributed by atoms with Crippen LogP contribution in [0.3, 0.4) is 0 Å². The molecule has 1 aromatic rings. The van der Waals surface area contributed by atoms with Crippen LogP contribution in [-0.4, -0.2) is 27.9 Å². The maximum atomic E-state index is 4.41. The van der Waals surface area contributed by atoms with Gasteiger partial charge in [-0.05, 0) is 39.3 Å². The molecule has 1 saturated heterocycles. The molecule has 0 bridgehead atoms. The van der Waals surface area contributed by atoms with E-state index < -0.39 is 0 Å².